The Morgan fingerprint density at radius 1 is 1.19 bits per heavy atom. The van der Waals surface area contributed by atoms with Crippen LogP contribution in [0.25, 0.3) is 0 Å². The van der Waals surface area contributed by atoms with Gasteiger partial charge < -0.3 is 19.3 Å². The summed E-state index contributed by atoms with van der Waals surface area (Å²) in [7, 11) is 1.59. The van der Waals surface area contributed by atoms with E-state index in [9.17, 15) is 9.59 Å². The Labute approximate surface area is 188 Å². The van der Waals surface area contributed by atoms with Crippen molar-refractivity contribution in [2.24, 2.45) is 5.41 Å². The second-order valence-electron chi connectivity index (χ2n) is 9.26. The molecular weight excluding hydrogens is 406 g/mol. The van der Waals surface area contributed by atoms with Gasteiger partial charge in [-0.1, -0.05) is 6.07 Å². The van der Waals surface area contributed by atoms with Crippen LogP contribution in [0.15, 0.2) is 30.5 Å². The van der Waals surface area contributed by atoms with E-state index in [1.807, 2.05) is 23.1 Å². The third kappa shape index (κ3) is 3.75. The number of nitrogens with zero attached hydrogens (tertiary/aromatic N) is 3. The van der Waals surface area contributed by atoms with E-state index in [2.05, 4.69) is 22.9 Å². The minimum Gasteiger partial charge on any atom is -0.481 e. The molecule has 0 N–H and O–H groups in total. The van der Waals surface area contributed by atoms with Crippen LogP contribution in [0.4, 0.5) is 5.69 Å². The van der Waals surface area contributed by atoms with Crippen molar-refractivity contribution in [2.75, 3.05) is 38.2 Å². The number of likely N-dealkylation sites (tertiary alicyclic amines) is 1. The predicted molar refractivity (Wildman–Crippen MR) is 120 cm³/mol. The highest BCUT2D eigenvalue weighted by Gasteiger charge is 2.45. The summed E-state index contributed by atoms with van der Waals surface area (Å²) in [5, 5.41) is 0. The van der Waals surface area contributed by atoms with Gasteiger partial charge in [0.1, 0.15) is 6.61 Å². The SMILES string of the molecule is COc1cc(N2CC3(CCN(CCc4ccc5c(c4C)COC5=O)CC3)CC2=O)ccn1. The molecule has 7 nitrogen and oxygen atoms in total. The maximum atomic E-state index is 12.8. The topological polar surface area (TPSA) is 72.0 Å². The van der Waals surface area contributed by atoms with Gasteiger partial charge in [-0.2, -0.15) is 0 Å². The fourth-order valence-corrected chi connectivity index (χ4v) is 5.34. The lowest BCUT2D eigenvalue weighted by Gasteiger charge is -2.39. The summed E-state index contributed by atoms with van der Waals surface area (Å²) in [4.78, 5) is 33.1. The third-order valence-corrected chi connectivity index (χ3v) is 7.45. The molecule has 0 unspecified atom stereocenters. The maximum Gasteiger partial charge on any atom is 0.338 e. The first-order valence-corrected chi connectivity index (χ1v) is 11.3. The van der Waals surface area contributed by atoms with Crippen LogP contribution >= 0.6 is 0 Å². The van der Waals surface area contributed by atoms with Gasteiger partial charge in [0, 0.05) is 37.3 Å². The molecule has 3 aliphatic rings. The van der Waals surface area contributed by atoms with E-state index in [4.69, 9.17) is 9.47 Å². The number of cyclic esters (lactones) is 1. The molecule has 4 heterocycles. The van der Waals surface area contributed by atoms with Crippen molar-refractivity contribution in [1.29, 1.82) is 0 Å². The van der Waals surface area contributed by atoms with Gasteiger partial charge >= 0.3 is 5.97 Å². The van der Waals surface area contributed by atoms with E-state index < -0.39 is 0 Å². The van der Waals surface area contributed by atoms with Crippen molar-refractivity contribution >= 4 is 17.6 Å². The van der Waals surface area contributed by atoms with Crippen molar-refractivity contribution in [3.63, 3.8) is 0 Å². The van der Waals surface area contributed by atoms with Gasteiger partial charge in [-0.05, 0) is 68.0 Å². The van der Waals surface area contributed by atoms with Gasteiger partial charge in [0.2, 0.25) is 11.8 Å². The van der Waals surface area contributed by atoms with E-state index in [1.54, 1.807) is 13.3 Å². The minimum atomic E-state index is -0.207. The first kappa shape index (κ1) is 20.9. The molecule has 0 atom stereocenters. The molecule has 0 aliphatic carbocycles. The lowest BCUT2D eigenvalue weighted by atomic mass is 9.77. The Bertz CT molecular complexity index is 1060. The summed E-state index contributed by atoms with van der Waals surface area (Å²) < 4.78 is 10.4. The molecule has 1 aromatic carbocycles. The van der Waals surface area contributed by atoms with Gasteiger partial charge in [-0.15, -0.1) is 0 Å². The highest BCUT2D eigenvalue weighted by molar-refractivity contribution is 5.96. The smallest absolute Gasteiger partial charge is 0.338 e. The van der Waals surface area contributed by atoms with Crippen LogP contribution in [-0.4, -0.2) is 55.0 Å². The molecule has 0 bridgehead atoms. The molecule has 7 heteroatoms. The summed E-state index contributed by atoms with van der Waals surface area (Å²) in [5.74, 6) is 0.516. The van der Waals surface area contributed by atoms with Crippen molar-refractivity contribution in [3.05, 3.63) is 52.7 Å². The number of carbonyl (C=O) groups excluding carboxylic acids is 2. The Morgan fingerprint density at radius 2 is 2.00 bits per heavy atom. The maximum absolute atomic E-state index is 12.8. The zero-order valence-corrected chi connectivity index (χ0v) is 18.7. The second-order valence-corrected chi connectivity index (χ2v) is 9.26. The number of carbonyl (C=O) groups is 2. The molecule has 0 radical (unpaired) electrons. The van der Waals surface area contributed by atoms with Crippen LogP contribution in [0.3, 0.4) is 0 Å². The Kier molecular flexibility index (Phi) is 5.37. The number of hydrogen-bond acceptors (Lipinski definition) is 6. The Morgan fingerprint density at radius 3 is 2.78 bits per heavy atom. The molecule has 1 aromatic heterocycles. The predicted octanol–water partition coefficient (Wildman–Crippen LogP) is 3.13. The second kappa shape index (κ2) is 8.20. The lowest BCUT2D eigenvalue weighted by Crippen LogP contribution is -2.42. The molecule has 1 spiro atoms. The molecule has 32 heavy (non-hydrogen) atoms. The van der Waals surface area contributed by atoms with Gasteiger partial charge in [0.05, 0.1) is 18.4 Å². The Hall–Kier alpha value is -2.93. The van der Waals surface area contributed by atoms with Gasteiger partial charge in [0.25, 0.3) is 0 Å². The number of hydrogen-bond donors (Lipinski definition) is 0. The fraction of sp³-hybridized carbons (Fsp3) is 0.480. The molecule has 1 amide bonds. The summed E-state index contributed by atoms with van der Waals surface area (Å²) in [5.41, 5.74) is 5.17. The van der Waals surface area contributed by atoms with Crippen LogP contribution < -0.4 is 9.64 Å². The van der Waals surface area contributed by atoms with E-state index in [0.29, 0.717) is 24.5 Å². The number of aromatic nitrogens is 1. The van der Waals surface area contributed by atoms with Gasteiger partial charge in [-0.3, -0.25) is 4.79 Å². The highest BCUT2D eigenvalue weighted by Crippen LogP contribution is 2.43. The van der Waals surface area contributed by atoms with Crippen molar-refractivity contribution in [3.8, 4) is 5.88 Å². The van der Waals surface area contributed by atoms with Crippen LogP contribution in [-0.2, 0) is 22.6 Å². The number of pyridine rings is 1. The molecule has 2 saturated heterocycles. The normalized spacial score (nSPS) is 20.0. The van der Waals surface area contributed by atoms with Crippen molar-refractivity contribution < 1.29 is 19.1 Å². The average Bonchev–Trinajstić information content (AvgIpc) is 3.35. The van der Waals surface area contributed by atoms with E-state index in [1.165, 1.54) is 11.1 Å². The number of anilines is 1. The number of ether oxygens (including phenoxy) is 2. The summed E-state index contributed by atoms with van der Waals surface area (Å²) in [6.45, 7) is 6.26. The van der Waals surface area contributed by atoms with Gasteiger partial charge in [-0.25, -0.2) is 9.78 Å². The summed E-state index contributed by atoms with van der Waals surface area (Å²) in [6.07, 6.45) is 5.33. The molecule has 168 valence electrons. The average molecular weight is 436 g/mol. The van der Waals surface area contributed by atoms with Crippen LogP contribution in [0.5, 0.6) is 5.88 Å². The minimum absolute atomic E-state index is 0.0608. The summed E-state index contributed by atoms with van der Waals surface area (Å²) in [6, 6.07) is 7.70. The van der Waals surface area contributed by atoms with E-state index in [0.717, 1.165) is 56.7 Å². The Balaban J connectivity index is 1.19. The van der Waals surface area contributed by atoms with Crippen molar-refractivity contribution in [2.45, 2.75) is 39.2 Å². The number of piperidine rings is 1. The first-order valence-electron chi connectivity index (χ1n) is 11.3. The number of rotatable bonds is 5. The number of esters is 1. The van der Waals surface area contributed by atoms with Gasteiger partial charge in [0.15, 0.2) is 0 Å². The standard InChI is InChI=1S/C25H29N3O4/c1-17-18(3-4-20-21(17)15-32-24(20)30)6-10-27-11-7-25(8-12-27)14-23(29)28(16-25)19-5-9-26-22(13-19)31-2/h3-5,9,13H,6-8,10-12,14-16H2,1-2H3. The number of amides is 1. The molecule has 0 saturated carbocycles. The zero-order chi connectivity index (χ0) is 22.3. The number of fused-ring (bicyclic) bond motifs is 1. The van der Waals surface area contributed by atoms with E-state index >= 15 is 0 Å². The molecule has 2 aromatic rings. The monoisotopic (exact) mass is 435 g/mol. The van der Waals surface area contributed by atoms with E-state index in [-0.39, 0.29) is 17.3 Å². The molecule has 5 rings (SSSR count). The summed E-state index contributed by atoms with van der Waals surface area (Å²) >= 11 is 0. The van der Waals surface area contributed by atoms with Crippen LogP contribution in [0.2, 0.25) is 0 Å². The highest BCUT2D eigenvalue weighted by atomic mass is 16.5. The molecule has 3 aliphatic heterocycles. The fourth-order valence-electron chi connectivity index (χ4n) is 5.34. The third-order valence-electron chi connectivity index (χ3n) is 7.45. The van der Waals surface area contributed by atoms with Crippen LogP contribution in [0, 0.1) is 12.3 Å². The quantitative estimate of drug-likeness (QED) is 0.672. The lowest BCUT2D eigenvalue weighted by molar-refractivity contribution is -0.118. The zero-order valence-electron chi connectivity index (χ0n) is 18.7. The number of methoxy groups -OCH3 is 1. The first-order chi connectivity index (χ1) is 15.5. The largest absolute Gasteiger partial charge is 0.481 e. The molecular formula is C25H29N3O4. The van der Waals surface area contributed by atoms with Crippen molar-refractivity contribution in [1.82, 2.24) is 9.88 Å². The molecule has 2 fully saturated rings. The van der Waals surface area contributed by atoms with Crippen LogP contribution in [0.1, 0.15) is 46.3 Å². The number of benzene rings is 1.